The molecule has 2 heterocycles. The fourth-order valence-corrected chi connectivity index (χ4v) is 5.54. The topological polar surface area (TPSA) is 81.2 Å². The first kappa shape index (κ1) is 22.7. The molecule has 5 rings (SSSR count). The molecule has 0 spiro atoms. The third-order valence-corrected chi connectivity index (χ3v) is 7.48. The number of sulfonamides is 1. The van der Waals surface area contributed by atoms with E-state index in [-0.39, 0.29) is 15.8 Å². The molecular formula is C26H18FN3O3S2. The lowest BCUT2D eigenvalue weighted by molar-refractivity contribution is 0.482. The minimum absolute atomic E-state index is 0.0656. The first-order valence-electron chi connectivity index (χ1n) is 10.5. The standard InChI is InChI=1S/C26H18FN3O3S2/c27-19-11-9-18(10-12-19)25-24(23-8-4-5-17-28-23)29-26(34-25)30-35(31,32)22-15-13-21(14-16-22)33-20-6-2-1-3-7-20/h1-17H,(H,29,30). The van der Waals surface area contributed by atoms with E-state index < -0.39 is 10.0 Å². The Labute approximate surface area is 205 Å². The largest absolute Gasteiger partial charge is 0.457 e. The van der Waals surface area contributed by atoms with Crippen LogP contribution in [0.5, 0.6) is 11.5 Å². The molecule has 2 aromatic heterocycles. The summed E-state index contributed by atoms with van der Waals surface area (Å²) in [6, 6.07) is 26.7. The highest BCUT2D eigenvalue weighted by Gasteiger charge is 2.21. The van der Waals surface area contributed by atoms with Crippen LogP contribution < -0.4 is 9.46 Å². The van der Waals surface area contributed by atoms with Crippen LogP contribution in [0.1, 0.15) is 0 Å². The predicted molar refractivity (Wildman–Crippen MR) is 135 cm³/mol. The van der Waals surface area contributed by atoms with Crippen LogP contribution in [0.4, 0.5) is 9.52 Å². The first-order valence-corrected chi connectivity index (χ1v) is 12.8. The van der Waals surface area contributed by atoms with Gasteiger partial charge in [0.15, 0.2) is 5.13 Å². The first-order chi connectivity index (χ1) is 17.0. The number of benzene rings is 3. The molecule has 0 atom stereocenters. The normalized spacial score (nSPS) is 11.2. The lowest BCUT2D eigenvalue weighted by Crippen LogP contribution is -2.12. The summed E-state index contributed by atoms with van der Waals surface area (Å²) in [5, 5.41) is 0.176. The summed E-state index contributed by atoms with van der Waals surface area (Å²) < 4.78 is 47.9. The summed E-state index contributed by atoms with van der Waals surface area (Å²) in [7, 11) is -3.92. The van der Waals surface area contributed by atoms with Crippen LogP contribution in [-0.2, 0) is 10.0 Å². The van der Waals surface area contributed by atoms with E-state index in [1.54, 1.807) is 42.6 Å². The number of rotatable bonds is 7. The molecule has 1 N–H and O–H groups in total. The molecular weight excluding hydrogens is 485 g/mol. The molecule has 0 bridgehead atoms. The van der Waals surface area contributed by atoms with E-state index in [4.69, 9.17) is 4.74 Å². The molecule has 0 saturated carbocycles. The van der Waals surface area contributed by atoms with Gasteiger partial charge in [-0.05, 0) is 66.2 Å². The lowest BCUT2D eigenvalue weighted by Gasteiger charge is -2.08. The van der Waals surface area contributed by atoms with Gasteiger partial charge in [-0.15, -0.1) is 0 Å². The van der Waals surface area contributed by atoms with Crippen LogP contribution >= 0.6 is 11.3 Å². The van der Waals surface area contributed by atoms with Gasteiger partial charge in [0.2, 0.25) is 0 Å². The minimum atomic E-state index is -3.92. The van der Waals surface area contributed by atoms with Crippen molar-refractivity contribution in [3.8, 4) is 33.3 Å². The van der Waals surface area contributed by atoms with Crippen molar-refractivity contribution in [2.24, 2.45) is 0 Å². The molecule has 6 nitrogen and oxygen atoms in total. The number of ether oxygens (including phenoxy) is 1. The number of nitrogens with one attached hydrogen (secondary N) is 1. The second kappa shape index (κ2) is 9.65. The van der Waals surface area contributed by atoms with E-state index in [1.165, 1.54) is 24.3 Å². The van der Waals surface area contributed by atoms with Gasteiger partial charge in [0.25, 0.3) is 10.0 Å². The number of hydrogen-bond acceptors (Lipinski definition) is 6. The third kappa shape index (κ3) is 5.21. The van der Waals surface area contributed by atoms with Gasteiger partial charge in [0.05, 0.1) is 15.5 Å². The van der Waals surface area contributed by atoms with E-state index in [0.717, 1.165) is 11.3 Å². The monoisotopic (exact) mass is 503 g/mol. The summed E-state index contributed by atoms with van der Waals surface area (Å²) in [5.41, 5.74) is 1.79. The van der Waals surface area contributed by atoms with Crippen molar-refractivity contribution in [2.45, 2.75) is 4.90 Å². The SMILES string of the molecule is O=S(=O)(Nc1nc(-c2ccccn2)c(-c2ccc(F)cc2)s1)c1ccc(Oc2ccccc2)cc1. The number of halogens is 1. The Morgan fingerprint density at radius 1 is 0.800 bits per heavy atom. The second-order valence-corrected chi connectivity index (χ2v) is 10.1. The Morgan fingerprint density at radius 2 is 1.49 bits per heavy atom. The molecule has 0 aliphatic heterocycles. The fraction of sp³-hybridized carbons (Fsp3) is 0. The lowest BCUT2D eigenvalue weighted by atomic mass is 10.1. The van der Waals surface area contributed by atoms with Gasteiger partial charge < -0.3 is 4.74 Å². The second-order valence-electron chi connectivity index (χ2n) is 7.41. The third-order valence-electron chi connectivity index (χ3n) is 4.98. The summed E-state index contributed by atoms with van der Waals surface area (Å²) in [4.78, 5) is 9.59. The van der Waals surface area contributed by atoms with E-state index in [0.29, 0.717) is 33.3 Å². The molecule has 0 amide bonds. The minimum Gasteiger partial charge on any atom is -0.457 e. The Balaban J connectivity index is 1.43. The van der Waals surface area contributed by atoms with Crippen LogP contribution in [0.2, 0.25) is 0 Å². The maximum absolute atomic E-state index is 13.5. The van der Waals surface area contributed by atoms with Crippen molar-refractivity contribution in [1.82, 2.24) is 9.97 Å². The van der Waals surface area contributed by atoms with Gasteiger partial charge in [-0.3, -0.25) is 9.71 Å². The molecule has 35 heavy (non-hydrogen) atoms. The fourth-order valence-electron chi connectivity index (χ4n) is 3.32. The molecule has 0 aliphatic carbocycles. The van der Waals surface area contributed by atoms with E-state index in [2.05, 4.69) is 14.7 Å². The molecule has 0 saturated heterocycles. The van der Waals surface area contributed by atoms with Crippen LogP contribution in [-0.4, -0.2) is 18.4 Å². The molecule has 3 aromatic carbocycles. The van der Waals surface area contributed by atoms with Crippen LogP contribution in [0.25, 0.3) is 21.8 Å². The van der Waals surface area contributed by atoms with Crippen molar-refractivity contribution >= 4 is 26.5 Å². The number of aromatic nitrogens is 2. The van der Waals surface area contributed by atoms with E-state index >= 15 is 0 Å². The van der Waals surface area contributed by atoms with Gasteiger partial charge in [0, 0.05) is 6.20 Å². The van der Waals surface area contributed by atoms with Crippen molar-refractivity contribution in [2.75, 3.05) is 4.72 Å². The Morgan fingerprint density at radius 3 is 2.17 bits per heavy atom. The molecule has 9 heteroatoms. The van der Waals surface area contributed by atoms with Gasteiger partial charge >= 0.3 is 0 Å². The van der Waals surface area contributed by atoms with Gasteiger partial charge in [-0.2, -0.15) is 0 Å². The zero-order valence-electron chi connectivity index (χ0n) is 18.1. The molecule has 0 fully saturated rings. The van der Waals surface area contributed by atoms with Gasteiger partial charge in [-0.25, -0.2) is 17.8 Å². The van der Waals surface area contributed by atoms with Gasteiger partial charge in [0.1, 0.15) is 23.0 Å². The zero-order valence-corrected chi connectivity index (χ0v) is 19.8. The summed E-state index contributed by atoms with van der Waals surface area (Å²) in [5.74, 6) is 0.804. The van der Waals surface area contributed by atoms with Crippen molar-refractivity contribution in [3.05, 3.63) is 109 Å². The Hall–Kier alpha value is -4.08. The number of para-hydroxylation sites is 1. The number of anilines is 1. The number of thiazole rings is 1. The average Bonchev–Trinajstić information content (AvgIpc) is 3.29. The van der Waals surface area contributed by atoms with Crippen molar-refractivity contribution < 1.29 is 17.5 Å². The highest BCUT2D eigenvalue weighted by atomic mass is 32.2. The van der Waals surface area contributed by atoms with Gasteiger partial charge in [-0.1, -0.05) is 47.7 Å². The summed E-state index contributed by atoms with van der Waals surface area (Å²) >= 11 is 1.15. The average molecular weight is 504 g/mol. The summed E-state index contributed by atoms with van der Waals surface area (Å²) in [6.45, 7) is 0. The Bertz CT molecular complexity index is 1540. The number of pyridine rings is 1. The quantitative estimate of drug-likeness (QED) is 0.270. The maximum Gasteiger partial charge on any atom is 0.263 e. The smallest absolute Gasteiger partial charge is 0.263 e. The van der Waals surface area contributed by atoms with Crippen LogP contribution in [0.3, 0.4) is 0 Å². The zero-order chi connectivity index (χ0) is 24.3. The molecule has 0 unspecified atom stereocenters. The number of hydrogen-bond donors (Lipinski definition) is 1. The highest BCUT2D eigenvalue weighted by molar-refractivity contribution is 7.93. The van der Waals surface area contributed by atoms with Crippen LogP contribution in [0.15, 0.2) is 108 Å². The van der Waals surface area contributed by atoms with Crippen LogP contribution in [0, 0.1) is 5.82 Å². The predicted octanol–water partition coefficient (Wildman–Crippen LogP) is 6.60. The summed E-state index contributed by atoms with van der Waals surface area (Å²) in [6.07, 6.45) is 1.63. The van der Waals surface area contributed by atoms with Crippen molar-refractivity contribution in [3.63, 3.8) is 0 Å². The molecule has 0 aliphatic rings. The van der Waals surface area contributed by atoms with E-state index in [1.807, 2.05) is 36.4 Å². The molecule has 174 valence electrons. The van der Waals surface area contributed by atoms with E-state index in [9.17, 15) is 12.8 Å². The number of nitrogens with zero attached hydrogens (tertiary/aromatic N) is 2. The molecule has 5 aromatic rings. The Kier molecular flexibility index (Phi) is 6.26. The maximum atomic E-state index is 13.5. The molecule has 0 radical (unpaired) electrons. The highest BCUT2D eigenvalue weighted by Crippen LogP contribution is 2.39. The van der Waals surface area contributed by atoms with Crippen molar-refractivity contribution in [1.29, 1.82) is 0 Å².